The van der Waals surface area contributed by atoms with E-state index in [-0.39, 0.29) is 10.8 Å². The van der Waals surface area contributed by atoms with E-state index in [9.17, 15) is 9.59 Å². The van der Waals surface area contributed by atoms with Crippen LogP contribution in [0.1, 0.15) is 13.8 Å². The van der Waals surface area contributed by atoms with Crippen LogP contribution in [0.2, 0.25) is 5.15 Å². The van der Waals surface area contributed by atoms with E-state index in [1.807, 2.05) is 0 Å². The molecule has 1 aromatic heterocycles. The van der Waals surface area contributed by atoms with Gasteiger partial charge in [0.25, 0.3) is 5.91 Å². The molecule has 1 rings (SSSR count). The third-order valence-electron chi connectivity index (χ3n) is 2.41. The first kappa shape index (κ1) is 16.0. The van der Waals surface area contributed by atoms with Crippen molar-refractivity contribution in [2.45, 2.75) is 19.4 Å². The standard InChI is InChI=1S/C11H16ClN5O3/c1-11(2,9(18)13-6-16(3)4)17-5-7(8(12)15-17)14-10(19)20/h5-6,14H,1-4H3,(H,19,20). The second-order valence-corrected chi connectivity index (χ2v) is 5.14. The number of amides is 2. The highest BCUT2D eigenvalue weighted by molar-refractivity contribution is 6.32. The number of carbonyl (C=O) groups excluding carboxylic acids is 1. The molecule has 0 atom stereocenters. The van der Waals surface area contributed by atoms with Gasteiger partial charge in [0.1, 0.15) is 11.2 Å². The molecular formula is C11H16ClN5O3. The molecule has 0 spiro atoms. The number of carboxylic acid groups (broad SMARTS) is 1. The predicted molar refractivity (Wildman–Crippen MR) is 75.4 cm³/mol. The van der Waals surface area contributed by atoms with Crippen LogP contribution in [-0.2, 0) is 10.3 Å². The number of hydrogen-bond acceptors (Lipinski definition) is 3. The number of carbonyl (C=O) groups is 2. The monoisotopic (exact) mass is 301 g/mol. The summed E-state index contributed by atoms with van der Waals surface area (Å²) in [6, 6.07) is 0. The van der Waals surface area contributed by atoms with E-state index < -0.39 is 17.5 Å². The van der Waals surface area contributed by atoms with Crippen molar-refractivity contribution in [2.24, 2.45) is 4.99 Å². The van der Waals surface area contributed by atoms with E-state index in [0.29, 0.717) is 0 Å². The minimum atomic E-state index is -1.26. The van der Waals surface area contributed by atoms with E-state index in [1.54, 1.807) is 32.8 Å². The molecule has 8 nitrogen and oxygen atoms in total. The predicted octanol–water partition coefficient (Wildman–Crippen LogP) is 1.48. The lowest BCUT2D eigenvalue weighted by atomic mass is 10.1. The summed E-state index contributed by atoms with van der Waals surface area (Å²) >= 11 is 5.81. The summed E-state index contributed by atoms with van der Waals surface area (Å²) < 4.78 is 1.27. The normalized spacial score (nSPS) is 11.7. The maximum atomic E-state index is 12.0. The van der Waals surface area contributed by atoms with Crippen LogP contribution in [0.4, 0.5) is 10.5 Å². The Morgan fingerprint density at radius 2 is 2.15 bits per heavy atom. The molecule has 0 unspecified atom stereocenters. The zero-order valence-electron chi connectivity index (χ0n) is 11.6. The van der Waals surface area contributed by atoms with Crippen LogP contribution < -0.4 is 5.32 Å². The molecule has 2 N–H and O–H groups in total. The lowest BCUT2D eigenvalue weighted by Crippen LogP contribution is -2.35. The summed E-state index contributed by atoms with van der Waals surface area (Å²) in [4.78, 5) is 28.1. The maximum Gasteiger partial charge on any atom is 0.409 e. The van der Waals surface area contributed by atoms with Crippen molar-refractivity contribution in [3.05, 3.63) is 11.3 Å². The van der Waals surface area contributed by atoms with Crippen molar-refractivity contribution in [2.75, 3.05) is 19.4 Å². The molecule has 20 heavy (non-hydrogen) atoms. The molecule has 0 aliphatic heterocycles. The number of rotatable bonds is 4. The van der Waals surface area contributed by atoms with Crippen molar-refractivity contribution in [3.63, 3.8) is 0 Å². The number of anilines is 1. The molecule has 0 aromatic carbocycles. The minimum Gasteiger partial charge on any atom is -0.465 e. The molecule has 9 heteroatoms. The van der Waals surface area contributed by atoms with E-state index in [0.717, 1.165) is 0 Å². The van der Waals surface area contributed by atoms with Crippen LogP contribution in [0.15, 0.2) is 11.2 Å². The van der Waals surface area contributed by atoms with Gasteiger partial charge in [-0.1, -0.05) is 11.6 Å². The molecule has 0 saturated heterocycles. The third-order valence-corrected chi connectivity index (χ3v) is 2.69. The van der Waals surface area contributed by atoms with Gasteiger partial charge in [-0.2, -0.15) is 5.10 Å². The number of aromatic nitrogens is 2. The van der Waals surface area contributed by atoms with Gasteiger partial charge in [-0.25, -0.2) is 9.79 Å². The van der Waals surface area contributed by atoms with Gasteiger partial charge in [0.2, 0.25) is 0 Å². The van der Waals surface area contributed by atoms with Gasteiger partial charge in [0, 0.05) is 14.1 Å². The molecular weight excluding hydrogens is 286 g/mol. The Morgan fingerprint density at radius 3 is 2.65 bits per heavy atom. The van der Waals surface area contributed by atoms with Gasteiger partial charge in [-0.05, 0) is 13.8 Å². The average molecular weight is 302 g/mol. The first-order valence-corrected chi connectivity index (χ1v) is 6.03. The Morgan fingerprint density at radius 1 is 1.55 bits per heavy atom. The van der Waals surface area contributed by atoms with Crippen molar-refractivity contribution in [1.29, 1.82) is 0 Å². The number of nitrogens with zero attached hydrogens (tertiary/aromatic N) is 4. The molecule has 0 fully saturated rings. The van der Waals surface area contributed by atoms with E-state index >= 15 is 0 Å². The van der Waals surface area contributed by atoms with E-state index in [2.05, 4.69) is 15.4 Å². The molecule has 1 aromatic rings. The maximum absolute atomic E-state index is 12.0. The third kappa shape index (κ3) is 3.70. The number of nitrogens with one attached hydrogen (secondary N) is 1. The Bertz CT molecular complexity index is 550. The molecule has 0 aliphatic carbocycles. The second kappa shape index (κ2) is 5.91. The van der Waals surface area contributed by atoms with E-state index in [1.165, 1.54) is 17.2 Å². The fraction of sp³-hybridized carbons (Fsp3) is 0.455. The average Bonchev–Trinajstić information content (AvgIpc) is 2.67. The van der Waals surface area contributed by atoms with Crippen molar-refractivity contribution >= 4 is 35.6 Å². The Balaban J connectivity index is 3.03. The van der Waals surface area contributed by atoms with E-state index in [4.69, 9.17) is 16.7 Å². The first-order chi connectivity index (χ1) is 9.14. The highest BCUT2D eigenvalue weighted by atomic mass is 35.5. The lowest BCUT2D eigenvalue weighted by molar-refractivity contribution is -0.125. The van der Waals surface area contributed by atoms with Crippen molar-refractivity contribution < 1.29 is 14.7 Å². The van der Waals surface area contributed by atoms with Crippen LogP contribution in [0, 0.1) is 0 Å². The molecule has 0 radical (unpaired) electrons. The Labute approximate surface area is 121 Å². The van der Waals surface area contributed by atoms with Gasteiger partial charge in [-0.3, -0.25) is 14.8 Å². The Hall–Kier alpha value is -2.09. The topological polar surface area (TPSA) is 99.8 Å². The van der Waals surface area contributed by atoms with Crippen LogP contribution in [0.3, 0.4) is 0 Å². The summed E-state index contributed by atoms with van der Waals surface area (Å²) in [6.07, 6.45) is 1.46. The van der Waals surface area contributed by atoms with Gasteiger partial charge >= 0.3 is 6.09 Å². The SMILES string of the molecule is CN(C)C=NC(=O)C(C)(C)n1cc(NC(=O)O)c(Cl)n1. The van der Waals surface area contributed by atoms with Crippen LogP contribution in [-0.4, -0.2) is 52.2 Å². The minimum absolute atomic E-state index is 0.0372. The largest absolute Gasteiger partial charge is 0.465 e. The van der Waals surface area contributed by atoms with Crippen molar-refractivity contribution in [1.82, 2.24) is 14.7 Å². The summed E-state index contributed by atoms with van der Waals surface area (Å²) in [5.41, 5.74) is -0.981. The van der Waals surface area contributed by atoms with Gasteiger partial charge in [0.15, 0.2) is 5.15 Å². The number of halogens is 1. The zero-order chi connectivity index (χ0) is 15.5. The van der Waals surface area contributed by atoms with Gasteiger partial charge in [0.05, 0.1) is 12.5 Å². The summed E-state index contributed by atoms with van der Waals surface area (Å²) in [6.45, 7) is 3.21. The number of aliphatic imine (C=N–C) groups is 1. The van der Waals surface area contributed by atoms with Crippen molar-refractivity contribution in [3.8, 4) is 0 Å². The summed E-state index contributed by atoms with van der Waals surface area (Å²) in [7, 11) is 3.48. The second-order valence-electron chi connectivity index (χ2n) is 4.78. The highest BCUT2D eigenvalue weighted by Crippen LogP contribution is 2.25. The quantitative estimate of drug-likeness (QED) is 0.648. The molecule has 0 bridgehead atoms. The first-order valence-electron chi connectivity index (χ1n) is 5.65. The summed E-state index contributed by atoms with van der Waals surface area (Å²) in [5, 5.41) is 14.6. The zero-order valence-corrected chi connectivity index (χ0v) is 12.3. The molecule has 1 heterocycles. The highest BCUT2D eigenvalue weighted by Gasteiger charge is 2.31. The lowest BCUT2D eigenvalue weighted by Gasteiger charge is -2.21. The van der Waals surface area contributed by atoms with Crippen LogP contribution >= 0.6 is 11.6 Å². The smallest absolute Gasteiger partial charge is 0.409 e. The number of hydrogen-bond donors (Lipinski definition) is 2. The molecule has 0 aliphatic rings. The summed E-state index contributed by atoms with van der Waals surface area (Å²) in [5.74, 6) is -0.438. The molecule has 0 saturated carbocycles. The van der Waals surface area contributed by atoms with Crippen LogP contribution in [0.25, 0.3) is 0 Å². The fourth-order valence-electron chi connectivity index (χ4n) is 1.26. The van der Waals surface area contributed by atoms with Gasteiger partial charge in [-0.15, -0.1) is 0 Å². The molecule has 110 valence electrons. The van der Waals surface area contributed by atoms with Gasteiger partial charge < -0.3 is 10.0 Å². The Kier molecular flexibility index (Phi) is 4.72. The fourth-order valence-corrected chi connectivity index (χ4v) is 1.44. The van der Waals surface area contributed by atoms with Crippen LogP contribution in [0.5, 0.6) is 0 Å². The molecule has 2 amide bonds.